The summed E-state index contributed by atoms with van der Waals surface area (Å²) in [6.07, 6.45) is 4.95. The van der Waals surface area contributed by atoms with E-state index < -0.39 is 0 Å². The van der Waals surface area contributed by atoms with Crippen molar-refractivity contribution in [3.63, 3.8) is 0 Å². The van der Waals surface area contributed by atoms with Gasteiger partial charge in [0.25, 0.3) is 0 Å². The van der Waals surface area contributed by atoms with Crippen molar-refractivity contribution in [1.82, 2.24) is 5.06 Å². The predicted molar refractivity (Wildman–Crippen MR) is 118 cm³/mol. The Morgan fingerprint density at radius 3 is 2.34 bits per heavy atom. The van der Waals surface area contributed by atoms with Gasteiger partial charge in [-0.05, 0) is 45.6 Å². The molecule has 164 valence electrons. The van der Waals surface area contributed by atoms with Gasteiger partial charge in [-0.1, -0.05) is 64.4 Å². The highest BCUT2D eigenvalue weighted by molar-refractivity contribution is 5.69. The van der Waals surface area contributed by atoms with Crippen LogP contribution in [0.5, 0.6) is 0 Å². The fraction of sp³-hybridized carbons (Fsp3) is 0.720. The minimum atomic E-state index is -0.239. The minimum Gasteiger partial charge on any atom is -0.462 e. The minimum absolute atomic E-state index is 0.0381. The van der Waals surface area contributed by atoms with E-state index in [0.29, 0.717) is 6.42 Å². The molecule has 4 nitrogen and oxygen atoms in total. The molecule has 1 fully saturated rings. The van der Waals surface area contributed by atoms with Crippen molar-refractivity contribution in [2.24, 2.45) is 5.92 Å². The van der Waals surface area contributed by atoms with E-state index in [9.17, 15) is 4.79 Å². The standard InChI is InChI=1S/C25H41NO3/c1-8-11-17-23(27)28-22-18-24(6,7)26(25(9-2,10-3)19(22)4)29-20(5)21-15-13-12-14-16-21/h12-16,19-20,22H,8-11,17-18H2,1-7H3. The molecule has 1 aliphatic heterocycles. The lowest BCUT2D eigenvalue weighted by molar-refractivity contribution is -0.337. The molecule has 4 heteroatoms. The summed E-state index contributed by atoms with van der Waals surface area (Å²) in [5.74, 6) is 0.131. The van der Waals surface area contributed by atoms with Gasteiger partial charge in [0.2, 0.25) is 0 Å². The Morgan fingerprint density at radius 2 is 1.79 bits per heavy atom. The van der Waals surface area contributed by atoms with Crippen LogP contribution in [0.2, 0.25) is 0 Å². The lowest BCUT2D eigenvalue weighted by Gasteiger charge is -2.59. The third-order valence-corrected chi connectivity index (χ3v) is 6.83. The first kappa shape index (κ1) is 23.9. The number of benzene rings is 1. The van der Waals surface area contributed by atoms with Crippen molar-refractivity contribution in [3.8, 4) is 0 Å². The summed E-state index contributed by atoms with van der Waals surface area (Å²) in [7, 11) is 0. The zero-order chi connectivity index (χ0) is 21.7. The maximum Gasteiger partial charge on any atom is 0.306 e. The van der Waals surface area contributed by atoms with Crippen LogP contribution in [0.1, 0.15) is 98.7 Å². The van der Waals surface area contributed by atoms with Crippen LogP contribution in [0.3, 0.4) is 0 Å². The van der Waals surface area contributed by atoms with Crippen molar-refractivity contribution in [1.29, 1.82) is 0 Å². The van der Waals surface area contributed by atoms with E-state index in [4.69, 9.17) is 9.57 Å². The molecule has 29 heavy (non-hydrogen) atoms. The maximum absolute atomic E-state index is 12.4. The number of esters is 1. The van der Waals surface area contributed by atoms with Gasteiger partial charge < -0.3 is 4.74 Å². The molecule has 1 aromatic rings. The van der Waals surface area contributed by atoms with Crippen LogP contribution >= 0.6 is 0 Å². The molecule has 0 aromatic heterocycles. The van der Waals surface area contributed by atoms with Gasteiger partial charge in [-0.15, -0.1) is 0 Å². The number of nitrogens with zero attached hydrogens (tertiary/aromatic N) is 1. The van der Waals surface area contributed by atoms with E-state index in [2.05, 4.69) is 77.8 Å². The van der Waals surface area contributed by atoms with Gasteiger partial charge in [0.15, 0.2) is 0 Å². The van der Waals surface area contributed by atoms with Gasteiger partial charge in [0, 0.05) is 24.3 Å². The van der Waals surface area contributed by atoms with E-state index in [-0.39, 0.29) is 35.2 Å². The average Bonchev–Trinajstić information content (AvgIpc) is 2.71. The van der Waals surface area contributed by atoms with Gasteiger partial charge in [-0.2, -0.15) is 5.06 Å². The molecule has 1 aromatic carbocycles. The van der Waals surface area contributed by atoms with E-state index >= 15 is 0 Å². The number of carbonyl (C=O) groups excluding carboxylic acids is 1. The number of hydroxylamine groups is 2. The summed E-state index contributed by atoms with van der Waals surface area (Å²) < 4.78 is 6.02. The summed E-state index contributed by atoms with van der Waals surface area (Å²) in [5.41, 5.74) is 0.753. The quantitative estimate of drug-likeness (QED) is 0.444. The average molecular weight is 404 g/mol. The van der Waals surface area contributed by atoms with E-state index in [0.717, 1.165) is 32.1 Å². The highest BCUT2D eigenvalue weighted by Crippen LogP contribution is 2.48. The van der Waals surface area contributed by atoms with Crippen molar-refractivity contribution in [2.45, 2.75) is 110 Å². The topological polar surface area (TPSA) is 38.8 Å². The molecule has 3 unspecified atom stereocenters. The fourth-order valence-electron chi connectivity index (χ4n) is 4.95. The number of unbranched alkanes of at least 4 members (excludes halogenated alkanes) is 1. The van der Waals surface area contributed by atoms with Crippen LogP contribution in [-0.2, 0) is 14.4 Å². The summed E-state index contributed by atoms with van der Waals surface area (Å²) >= 11 is 0. The number of piperidine rings is 1. The van der Waals surface area contributed by atoms with Gasteiger partial charge in [-0.25, -0.2) is 0 Å². The number of hydrogen-bond acceptors (Lipinski definition) is 4. The summed E-state index contributed by atoms with van der Waals surface area (Å²) in [5, 5.41) is 2.25. The van der Waals surface area contributed by atoms with Gasteiger partial charge in [0.05, 0.1) is 5.54 Å². The smallest absolute Gasteiger partial charge is 0.306 e. The van der Waals surface area contributed by atoms with E-state index in [1.54, 1.807) is 0 Å². The molecule has 1 heterocycles. The van der Waals surface area contributed by atoms with E-state index in [1.165, 1.54) is 5.56 Å². The van der Waals surface area contributed by atoms with Crippen molar-refractivity contribution in [2.75, 3.05) is 0 Å². The molecule has 0 bridgehead atoms. The molecule has 0 saturated carbocycles. The Balaban J connectivity index is 2.28. The number of hydrogen-bond donors (Lipinski definition) is 0. The van der Waals surface area contributed by atoms with Crippen LogP contribution in [0.15, 0.2) is 30.3 Å². The zero-order valence-electron chi connectivity index (χ0n) is 19.5. The molecule has 0 amide bonds. The first-order valence-electron chi connectivity index (χ1n) is 11.4. The maximum atomic E-state index is 12.4. The van der Waals surface area contributed by atoms with Crippen molar-refractivity contribution in [3.05, 3.63) is 35.9 Å². The van der Waals surface area contributed by atoms with Crippen LogP contribution in [-0.4, -0.2) is 28.2 Å². The van der Waals surface area contributed by atoms with Gasteiger partial charge in [-0.3, -0.25) is 9.63 Å². The van der Waals surface area contributed by atoms with Crippen molar-refractivity contribution >= 4 is 5.97 Å². The van der Waals surface area contributed by atoms with Crippen LogP contribution in [0, 0.1) is 5.92 Å². The van der Waals surface area contributed by atoms with Crippen LogP contribution < -0.4 is 0 Å². The van der Waals surface area contributed by atoms with Crippen LogP contribution in [0.25, 0.3) is 0 Å². The molecule has 0 N–H and O–H groups in total. The first-order valence-corrected chi connectivity index (χ1v) is 11.4. The number of carbonyl (C=O) groups is 1. The van der Waals surface area contributed by atoms with E-state index in [1.807, 2.05) is 6.07 Å². The summed E-state index contributed by atoms with van der Waals surface area (Å²) in [4.78, 5) is 19.1. The second-order valence-corrected chi connectivity index (χ2v) is 9.20. The number of ether oxygens (including phenoxy) is 1. The Labute approximate surface area is 177 Å². The Kier molecular flexibility index (Phi) is 8.30. The second-order valence-electron chi connectivity index (χ2n) is 9.20. The summed E-state index contributed by atoms with van der Waals surface area (Å²) in [6, 6.07) is 10.4. The monoisotopic (exact) mass is 403 g/mol. The second kappa shape index (κ2) is 10.1. The molecular formula is C25H41NO3. The Bertz CT molecular complexity index is 639. The SMILES string of the molecule is CCCCC(=O)OC1CC(C)(C)N(OC(C)c2ccccc2)C(CC)(CC)C1C. The first-order chi connectivity index (χ1) is 13.7. The molecule has 0 spiro atoms. The summed E-state index contributed by atoms with van der Waals surface area (Å²) in [6.45, 7) is 15.3. The molecule has 1 aliphatic rings. The largest absolute Gasteiger partial charge is 0.462 e. The zero-order valence-corrected chi connectivity index (χ0v) is 19.5. The highest BCUT2D eigenvalue weighted by atomic mass is 16.7. The molecule has 0 radical (unpaired) electrons. The lowest BCUT2D eigenvalue weighted by Crippen LogP contribution is -2.68. The van der Waals surface area contributed by atoms with Crippen molar-refractivity contribution < 1.29 is 14.4 Å². The van der Waals surface area contributed by atoms with Crippen LogP contribution in [0.4, 0.5) is 0 Å². The molecule has 0 aliphatic carbocycles. The highest BCUT2D eigenvalue weighted by Gasteiger charge is 2.55. The fourth-order valence-corrected chi connectivity index (χ4v) is 4.95. The van der Waals surface area contributed by atoms with Gasteiger partial charge >= 0.3 is 5.97 Å². The molecular weight excluding hydrogens is 362 g/mol. The third-order valence-electron chi connectivity index (χ3n) is 6.83. The number of rotatable bonds is 9. The molecule has 3 atom stereocenters. The Morgan fingerprint density at radius 1 is 1.17 bits per heavy atom. The lowest BCUT2D eigenvalue weighted by atomic mass is 9.68. The molecule has 2 rings (SSSR count). The third kappa shape index (κ3) is 5.21. The Hall–Kier alpha value is -1.39. The van der Waals surface area contributed by atoms with Gasteiger partial charge in [0.1, 0.15) is 12.2 Å². The molecule has 1 saturated heterocycles. The predicted octanol–water partition coefficient (Wildman–Crippen LogP) is 6.46. The normalized spacial score (nSPS) is 24.8.